The van der Waals surface area contributed by atoms with E-state index in [4.69, 9.17) is 20.6 Å². The van der Waals surface area contributed by atoms with Gasteiger partial charge in [0.25, 0.3) is 0 Å². The van der Waals surface area contributed by atoms with Gasteiger partial charge in [0.1, 0.15) is 11.8 Å². The van der Waals surface area contributed by atoms with Crippen LogP contribution in [-0.2, 0) is 20.3 Å². The molecule has 1 aromatic carbocycles. The fourth-order valence-electron chi connectivity index (χ4n) is 1.15. The zero-order valence-electron chi connectivity index (χ0n) is 10.7. The van der Waals surface area contributed by atoms with Crippen molar-refractivity contribution in [1.29, 1.82) is 0 Å². The van der Waals surface area contributed by atoms with Crippen molar-refractivity contribution in [2.75, 3.05) is 0 Å². The van der Waals surface area contributed by atoms with E-state index >= 15 is 0 Å². The third kappa shape index (κ3) is 6.51. The van der Waals surface area contributed by atoms with Crippen LogP contribution in [-0.4, -0.2) is 26.9 Å². The largest absolute Gasteiger partial charge is 1.00 e. The van der Waals surface area contributed by atoms with Gasteiger partial charge in [-0.15, -0.1) is 0 Å². The molecule has 0 radical (unpaired) electrons. The number of hydrogen-bond acceptors (Lipinski definition) is 5. The molecule has 0 aliphatic rings. The van der Waals surface area contributed by atoms with E-state index in [1.54, 1.807) is 12.1 Å². The van der Waals surface area contributed by atoms with Gasteiger partial charge < -0.3 is 16.8 Å². The summed E-state index contributed by atoms with van der Waals surface area (Å²) in [5.74, 6) is -1.11. The number of phenolic OH excluding ortho intramolecular Hbond substituents is 1. The Morgan fingerprint density at radius 3 is 2.33 bits per heavy atom. The molecule has 18 heavy (non-hydrogen) atoms. The summed E-state index contributed by atoms with van der Waals surface area (Å²) >= 11 is 0. The van der Waals surface area contributed by atoms with Crippen LogP contribution in [0.2, 0.25) is 0 Å². The van der Waals surface area contributed by atoms with Crippen molar-refractivity contribution in [2.24, 2.45) is 5.73 Å². The van der Waals surface area contributed by atoms with E-state index in [2.05, 4.69) is 4.52 Å². The van der Waals surface area contributed by atoms with Gasteiger partial charge in [0.15, 0.2) is 0 Å². The molecule has 96 valence electrons. The number of rotatable bonds is 4. The standard InChI is InChI=1S/C9H12NO6P.Na.H/c10-8(9(12)16-17(13,14)15)5-6-1-3-7(11)4-2-6;;/h1-4,8,11H,5,10H2,(H2,13,14,15);;/q;+1;-1/t8-;;/m0../s1. The second kappa shape index (κ2) is 7.25. The molecule has 0 aliphatic carbocycles. The van der Waals surface area contributed by atoms with Gasteiger partial charge in [-0.05, 0) is 24.1 Å². The molecular weight excluding hydrogens is 272 g/mol. The maximum Gasteiger partial charge on any atom is 1.00 e. The first-order valence-electron chi connectivity index (χ1n) is 4.60. The van der Waals surface area contributed by atoms with Gasteiger partial charge in [-0.3, -0.25) is 9.79 Å². The van der Waals surface area contributed by atoms with Gasteiger partial charge in [-0.1, -0.05) is 12.1 Å². The van der Waals surface area contributed by atoms with Gasteiger partial charge >= 0.3 is 43.3 Å². The molecule has 0 saturated heterocycles. The molecular formula is C9H13NNaO6P. The maximum absolute atomic E-state index is 11.1. The number of phenols is 1. The molecule has 7 nitrogen and oxygen atoms in total. The molecule has 9 heteroatoms. The summed E-state index contributed by atoms with van der Waals surface area (Å²) in [6, 6.07) is 4.74. The molecule has 0 unspecified atom stereocenters. The van der Waals surface area contributed by atoms with Crippen LogP contribution in [0, 0.1) is 0 Å². The Bertz CT molecular complexity index is 451. The number of nitrogens with two attached hydrogens (primary N) is 1. The quantitative estimate of drug-likeness (QED) is 0.343. The number of hydrogen-bond donors (Lipinski definition) is 4. The average molecular weight is 285 g/mol. The van der Waals surface area contributed by atoms with Crippen molar-refractivity contribution in [3.63, 3.8) is 0 Å². The first-order valence-corrected chi connectivity index (χ1v) is 6.13. The molecule has 1 aromatic rings. The molecule has 5 N–H and O–H groups in total. The summed E-state index contributed by atoms with van der Waals surface area (Å²) in [6.45, 7) is 0. The minimum atomic E-state index is -4.86. The Kier molecular flexibility index (Phi) is 7.09. The predicted octanol–water partition coefficient (Wildman–Crippen LogP) is -2.99. The summed E-state index contributed by atoms with van der Waals surface area (Å²) in [5.41, 5.74) is 6.05. The first-order chi connectivity index (χ1) is 7.78. The summed E-state index contributed by atoms with van der Waals surface area (Å²) < 4.78 is 14.3. The van der Waals surface area contributed by atoms with Gasteiger partial charge in [-0.25, -0.2) is 9.36 Å². The molecule has 0 aliphatic heterocycles. The number of benzene rings is 1. The topological polar surface area (TPSA) is 130 Å². The van der Waals surface area contributed by atoms with Gasteiger partial charge in [0.05, 0.1) is 0 Å². The van der Waals surface area contributed by atoms with Gasteiger partial charge in [0.2, 0.25) is 0 Å². The summed E-state index contributed by atoms with van der Waals surface area (Å²) in [5, 5.41) is 9.03. The summed E-state index contributed by atoms with van der Waals surface area (Å²) in [4.78, 5) is 28.0. The van der Waals surface area contributed by atoms with Crippen molar-refractivity contribution >= 4 is 13.8 Å². The second-order valence-corrected chi connectivity index (χ2v) is 4.54. The van der Waals surface area contributed by atoms with Crippen LogP contribution in [0.3, 0.4) is 0 Å². The molecule has 0 bridgehead atoms. The Hall–Kier alpha value is -0.400. The van der Waals surface area contributed by atoms with Crippen molar-refractivity contribution in [2.45, 2.75) is 12.5 Å². The molecule has 1 atom stereocenters. The molecule has 0 aromatic heterocycles. The van der Waals surface area contributed by atoms with Gasteiger partial charge in [-0.2, -0.15) is 0 Å². The van der Waals surface area contributed by atoms with Crippen molar-refractivity contribution in [1.82, 2.24) is 0 Å². The maximum atomic E-state index is 11.1. The number of phosphoric acid groups is 1. The monoisotopic (exact) mass is 285 g/mol. The number of aromatic hydroxyl groups is 1. The smallest absolute Gasteiger partial charge is 1.00 e. The Balaban J connectivity index is 0. The third-order valence-corrected chi connectivity index (χ3v) is 2.32. The molecule has 1 rings (SSSR count). The number of phosphoric ester groups is 1. The normalized spacial score (nSPS) is 12.4. The van der Waals surface area contributed by atoms with Crippen LogP contribution in [0.25, 0.3) is 0 Å². The Labute approximate surface area is 127 Å². The zero-order valence-corrected chi connectivity index (χ0v) is 12.6. The third-order valence-electron chi connectivity index (χ3n) is 1.90. The minimum absolute atomic E-state index is 0. The number of carbonyl (C=O) groups is 1. The second-order valence-electron chi connectivity index (χ2n) is 3.38. The van der Waals surface area contributed by atoms with Crippen LogP contribution in [0.4, 0.5) is 0 Å². The van der Waals surface area contributed by atoms with E-state index in [9.17, 15) is 9.36 Å². The SMILES string of the molecule is N[C@@H](Cc1ccc(O)cc1)C(=O)OP(=O)(O)O.[H-].[Na+]. The molecule has 0 saturated carbocycles. The van der Waals surface area contributed by atoms with Crippen LogP contribution in [0.15, 0.2) is 24.3 Å². The van der Waals surface area contributed by atoms with Crippen molar-refractivity contribution in [3.8, 4) is 5.75 Å². The average Bonchev–Trinajstić information content (AvgIpc) is 2.19. The Morgan fingerprint density at radius 2 is 1.89 bits per heavy atom. The van der Waals surface area contributed by atoms with Gasteiger partial charge in [0, 0.05) is 0 Å². The van der Waals surface area contributed by atoms with Crippen LogP contribution < -0.4 is 35.3 Å². The van der Waals surface area contributed by atoms with Crippen LogP contribution in [0.1, 0.15) is 6.99 Å². The Morgan fingerprint density at radius 1 is 1.39 bits per heavy atom. The first kappa shape index (κ1) is 17.6. The molecule has 0 spiro atoms. The van der Waals surface area contributed by atoms with E-state index in [-0.39, 0.29) is 43.2 Å². The molecule has 0 fully saturated rings. The summed E-state index contributed by atoms with van der Waals surface area (Å²) in [6.07, 6.45) is 0.0547. The fraction of sp³-hybridized carbons (Fsp3) is 0.222. The van der Waals surface area contributed by atoms with Crippen LogP contribution in [0.5, 0.6) is 5.75 Å². The molecule has 0 heterocycles. The van der Waals surface area contributed by atoms with Crippen molar-refractivity contribution in [3.05, 3.63) is 29.8 Å². The van der Waals surface area contributed by atoms with E-state index in [1.807, 2.05) is 0 Å². The number of carbonyl (C=O) groups excluding carboxylic acids is 1. The fourth-order valence-corrected chi connectivity index (χ4v) is 1.52. The van der Waals surface area contributed by atoms with Crippen LogP contribution >= 0.6 is 7.82 Å². The minimum Gasteiger partial charge on any atom is -1.00 e. The molecule has 0 amide bonds. The van der Waals surface area contributed by atoms with E-state index in [0.29, 0.717) is 5.56 Å². The van der Waals surface area contributed by atoms with E-state index < -0.39 is 19.8 Å². The van der Waals surface area contributed by atoms with E-state index in [0.717, 1.165) is 0 Å². The predicted molar refractivity (Wildman–Crippen MR) is 59.0 cm³/mol. The summed E-state index contributed by atoms with van der Waals surface area (Å²) in [7, 11) is -4.86. The van der Waals surface area contributed by atoms with Crippen molar-refractivity contribution < 1.29 is 59.8 Å². The zero-order chi connectivity index (χ0) is 13.1. The van der Waals surface area contributed by atoms with E-state index in [1.165, 1.54) is 12.1 Å².